The second-order valence-electron chi connectivity index (χ2n) is 6.05. The molecule has 0 amide bonds. The molecule has 2 heteroatoms. The summed E-state index contributed by atoms with van der Waals surface area (Å²) in [7, 11) is 2.11. The fourth-order valence-electron chi connectivity index (χ4n) is 3.73. The second-order valence-corrected chi connectivity index (χ2v) is 6.05. The molecule has 1 atom stereocenters. The number of hydrogen-bond donors (Lipinski definition) is 1. The Morgan fingerprint density at radius 1 is 1.19 bits per heavy atom. The quantitative estimate of drug-likeness (QED) is 0.790. The smallest absolute Gasteiger partial charge is 0.00676 e. The number of rotatable bonds is 4. The molecule has 0 aromatic carbocycles. The highest BCUT2D eigenvalue weighted by molar-refractivity contribution is 4.90. The van der Waals surface area contributed by atoms with Crippen LogP contribution in [-0.4, -0.2) is 37.6 Å². The van der Waals surface area contributed by atoms with E-state index < -0.39 is 0 Å². The number of nitrogens with zero attached hydrogens (tertiary/aromatic N) is 1. The Balaban J connectivity index is 1.95. The molecule has 1 aliphatic heterocycles. The monoisotopic (exact) mass is 224 g/mol. The van der Waals surface area contributed by atoms with Crippen molar-refractivity contribution in [2.75, 3.05) is 26.7 Å². The Labute approximate surface area is 101 Å². The summed E-state index contributed by atoms with van der Waals surface area (Å²) in [5.41, 5.74) is 0.589. The lowest BCUT2D eigenvalue weighted by atomic mass is 9.73. The van der Waals surface area contributed by atoms with Crippen molar-refractivity contribution < 1.29 is 0 Å². The van der Waals surface area contributed by atoms with Crippen LogP contribution in [0.5, 0.6) is 0 Å². The summed E-state index contributed by atoms with van der Waals surface area (Å²) in [6.45, 7) is 6.31. The van der Waals surface area contributed by atoms with Crippen LogP contribution in [0.15, 0.2) is 0 Å². The van der Waals surface area contributed by atoms with Gasteiger partial charge in [-0.05, 0) is 51.6 Å². The highest BCUT2D eigenvalue weighted by Gasteiger charge is 2.35. The van der Waals surface area contributed by atoms with Crippen molar-refractivity contribution in [2.45, 2.75) is 57.9 Å². The molecular formula is C14H28N2. The molecule has 1 unspecified atom stereocenters. The Morgan fingerprint density at radius 3 is 2.50 bits per heavy atom. The summed E-state index contributed by atoms with van der Waals surface area (Å²) in [6.07, 6.45) is 10.1. The van der Waals surface area contributed by atoms with E-state index in [1.54, 1.807) is 0 Å². The van der Waals surface area contributed by atoms with Crippen LogP contribution in [-0.2, 0) is 0 Å². The molecule has 16 heavy (non-hydrogen) atoms. The first-order chi connectivity index (χ1) is 7.76. The lowest BCUT2D eigenvalue weighted by Gasteiger charge is -2.41. The summed E-state index contributed by atoms with van der Waals surface area (Å²) < 4.78 is 0. The first kappa shape index (κ1) is 12.4. The molecule has 94 valence electrons. The van der Waals surface area contributed by atoms with Crippen molar-refractivity contribution in [3.05, 3.63) is 0 Å². The van der Waals surface area contributed by atoms with Gasteiger partial charge in [-0.25, -0.2) is 0 Å². The molecule has 0 radical (unpaired) electrons. The summed E-state index contributed by atoms with van der Waals surface area (Å²) in [4.78, 5) is 2.74. The Morgan fingerprint density at radius 2 is 1.94 bits per heavy atom. The van der Waals surface area contributed by atoms with E-state index in [4.69, 9.17) is 0 Å². The third-order valence-electron chi connectivity index (χ3n) is 4.70. The van der Waals surface area contributed by atoms with Crippen LogP contribution in [0.25, 0.3) is 0 Å². The number of nitrogens with one attached hydrogen (secondary N) is 1. The molecule has 2 fully saturated rings. The fourth-order valence-corrected chi connectivity index (χ4v) is 3.73. The lowest BCUT2D eigenvalue weighted by Crippen LogP contribution is -2.45. The summed E-state index contributed by atoms with van der Waals surface area (Å²) in [5.74, 6) is 0. The van der Waals surface area contributed by atoms with E-state index in [-0.39, 0.29) is 0 Å². The molecule has 1 saturated heterocycles. The van der Waals surface area contributed by atoms with Gasteiger partial charge in [0.2, 0.25) is 0 Å². The average molecular weight is 224 g/mol. The lowest BCUT2D eigenvalue weighted by molar-refractivity contribution is 0.101. The zero-order valence-electron chi connectivity index (χ0n) is 11.1. The average Bonchev–Trinajstić information content (AvgIpc) is 2.66. The largest absolute Gasteiger partial charge is 0.319 e. The van der Waals surface area contributed by atoms with Gasteiger partial charge in [0.05, 0.1) is 0 Å². The maximum atomic E-state index is 3.44. The topological polar surface area (TPSA) is 15.3 Å². The molecule has 1 aliphatic carbocycles. The first-order valence-electron chi connectivity index (χ1n) is 7.14. The van der Waals surface area contributed by atoms with Gasteiger partial charge in [-0.1, -0.05) is 19.3 Å². The van der Waals surface area contributed by atoms with Gasteiger partial charge in [-0.15, -0.1) is 0 Å². The number of likely N-dealkylation sites (tertiary alicyclic amines) is 1. The molecule has 2 aliphatic rings. The van der Waals surface area contributed by atoms with Gasteiger partial charge < -0.3 is 10.2 Å². The maximum absolute atomic E-state index is 3.44. The maximum Gasteiger partial charge on any atom is 0.00676 e. The molecule has 1 heterocycles. The number of hydrogen-bond acceptors (Lipinski definition) is 2. The second kappa shape index (κ2) is 5.50. The van der Waals surface area contributed by atoms with Crippen molar-refractivity contribution in [1.82, 2.24) is 10.2 Å². The summed E-state index contributed by atoms with van der Waals surface area (Å²) >= 11 is 0. The van der Waals surface area contributed by atoms with Crippen molar-refractivity contribution in [2.24, 2.45) is 5.41 Å². The minimum atomic E-state index is 0.589. The molecule has 0 spiro atoms. The van der Waals surface area contributed by atoms with E-state index in [1.165, 1.54) is 64.6 Å². The fraction of sp³-hybridized carbons (Fsp3) is 1.00. The normalized spacial score (nSPS) is 30.8. The van der Waals surface area contributed by atoms with Gasteiger partial charge in [0, 0.05) is 19.1 Å². The van der Waals surface area contributed by atoms with Crippen LogP contribution in [0.3, 0.4) is 0 Å². The van der Waals surface area contributed by atoms with Crippen LogP contribution >= 0.6 is 0 Å². The van der Waals surface area contributed by atoms with Gasteiger partial charge in [0.15, 0.2) is 0 Å². The molecule has 0 aromatic heterocycles. The Bertz CT molecular complexity index is 203. The predicted octanol–water partition coefficient (Wildman–Crippen LogP) is 2.64. The third kappa shape index (κ3) is 2.78. The molecule has 0 aromatic rings. The van der Waals surface area contributed by atoms with Crippen LogP contribution < -0.4 is 5.32 Å². The molecule has 2 nitrogen and oxygen atoms in total. The van der Waals surface area contributed by atoms with Crippen molar-refractivity contribution in [1.29, 1.82) is 0 Å². The first-order valence-corrected chi connectivity index (χ1v) is 7.14. The van der Waals surface area contributed by atoms with Crippen molar-refractivity contribution >= 4 is 0 Å². The van der Waals surface area contributed by atoms with E-state index in [9.17, 15) is 0 Å². The van der Waals surface area contributed by atoms with E-state index >= 15 is 0 Å². The standard InChI is InChI=1S/C14H28N2/c1-13-7-6-10-16(13)12-14(11-15-2)8-4-3-5-9-14/h13,15H,3-12H2,1-2H3. The minimum absolute atomic E-state index is 0.589. The predicted molar refractivity (Wildman–Crippen MR) is 69.7 cm³/mol. The van der Waals surface area contributed by atoms with Gasteiger partial charge in [0.1, 0.15) is 0 Å². The van der Waals surface area contributed by atoms with Crippen molar-refractivity contribution in [3.63, 3.8) is 0 Å². The van der Waals surface area contributed by atoms with Crippen molar-refractivity contribution in [3.8, 4) is 0 Å². The van der Waals surface area contributed by atoms with Gasteiger partial charge in [-0.3, -0.25) is 0 Å². The molecule has 1 N–H and O–H groups in total. The zero-order chi connectivity index (χ0) is 11.4. The highest BCUT2D eigenvalue weighted by Crippen LogP contribution is 2.37. The SMILES string of the molecule is CNCC1(CN2CCCC2C)CCCCC1. The summed E-state index contributed by atoms with van der Waals surface area (Å²) in [6, 6.07) is 0.829. The third-order valence-corrected chi connectivity index (χ3v) is 4.70. The van der Waals surface area contributed by atoms with Crippen LogP contribution in [0, 0.1) is 5.41 Å². The van der Waals surface area contributed by atoms with Crippen LogP contribution in [0.4, 0.5) is 0 Å². The summed E-state index contributed by atoms with van der Waals surface area (Å²) in [5, 5.41) is 3.44. The van der Waals surface area contributed by atoms with Gasteiger partial charge in [0.25, 0.3) is 0 Å². The highest BCUT2D eigenvalue weighted by atomic mass is 15.2. The molecule has 1 saturated carbocycles. The van der Waals surface area contributed by atoms with Gasteiger partial charge >= 0.3 is 0 Å². The van der Waals surface area contributed by atoms with Crippen LogP contribution in [0.1, 0.15) is 51.9 Å². The van der Waals surface area contributed by atoms with E-state index in [1.807, 2.05) is 0 Å². The van der Waals surface area contributed by atoms with Crippen LogP contribution in [0.2, 0.25) is 0 Å². The Hall–Kier alpha value is -0.0800. The molecule has 0 bridgehead atoms. The zero-order valence-corrected chi connectivity index (χ0v) is 11.1. The van der Waals surface area contributed by atoms with E-state index in [0.29, 0.717) is 5.41 Å². The molecular weight excluding hydrogens is 196 g/mol. The molecule has 2 rings (SSSR count). The Kier molecular flexibility index (Phi) is 4.26. The van der Waals surface area contributed by atoms with Gasteiger partial charge in [-0.2, -0.15) is 0 Å². The minimum Gasteiger partial charge on any atom is -0.319 e. The van der Waals surface area contributed by atoms with E-state index in [0.717, 1.165) is 6.04 Å². The van der Waals surface area contributed by atoms with E-state index in [2.05, 4.69) is 24.2 Å².